The average molecular weight is 232 g/mol. The first-order valence-corrected chi connectivity index (χ1v) is 6.66. The number of hydrogen-bond acceptors (Lipinski definition) is 3. The predicted molar refractivity (Wildman–Crippen MR) is 59.8 cm³/mol. The van der Waals surface area contributed by atoms with Crippen LogP contribution in [-0.2, 0) is 5.88 Å². The van der Waals surface area contributed by atoms with Gasteiger partial charge in [-0.15, -0.1) is 21.8 Å². The van der Waals surface area contributed by atoms with Gasteiger partial charge in [-0.3, -0.25) is 0 Å². The number of nitrogens with zero attached hydrogens (tertiary/aromatic N) is 3. The van der Waals surface area contributed by atoms with Gasteiger partial charge in [-0.05, 0) is 19.1 Å². The van der Waals surface area contributed by atoms with Gasteiger partial charge in [-0.2, -0.15) is 11.8 Å². The molecule has 0 saturated heterocycles. The molecule has 1 aliphatic rings. The summed E-state index contributed by atoms with van der Waals surface area (Å²) in [5.41, 5.74) is 0. The quantitative estimate of drug-likeness (QED) is 0.749. The lowest BCUT2D eigenvalue weighted by atomic mass is 10.2. The van der Waals surface area contributed by atoms with Crippen molar-refractivity contribution in [3.05, 3.63) is 12.2 Å². The number of halogens is 1. The van der Waals surface area contributed by atoms with E-state index in [1.165, 1.54) is 19.3 Å². The highest BCUT2D eigenvalue weighted by Gasteiger charge is 2.29. The van der Waals surface area contributed by atoms with E-state index in [-0.39, 0.29) is 0 Å². The molecule has 0 aliphatic heterocycles. The fraction of sp³-hybridized carbons (Fsp3) is 0.778. The molecule has 1 aromatic heterocycles. The fourth-order valence-corrected chi connectivity index (χ4v) is 3.31. The maximum atomic E-state index is 5.81. The van der Waals surface area contributed by atoms with E-state index in [0.29, 0.717) is 17.2 Å². The molecule has 3 nitrogen and oxygen atoms in total. The lowest BCUT2D eigenvalue weighted by Crippen LogP contribution is -2.17. The normalized spacial score (nSPS) is 27.0. The van der Waals surface area contributed by atoms with Gasteiger partial charge in [0.1, 0.15) is 12.2 Å². The van der Waals surface area contributed by atoms with Gasteiger partial charge in [0.05, 0.1) is 5.88 Å². The first-order chi connectivity index (χ1) is 6.86. The minimum absolute atomic E-state index is 0.456. The Morgan fingerprint density at radius 1 is 1.64 bits per heavy atom. The Morgan fingerprint density at radius 3 is 3.21 bits per heavy atom. The Balaban J connectivity index is 2.21. The third kappa shape index (κ3) is 1.77. The Bertz CT molecular complexity index is 302. The molecule has 1 aromatic rings. The predicted octanol–water partition coefficient (Wildman–Crippen LogP) is 2.47. The number of thioether (sulfide) groups is 1. The van der Waals surface area contributed by atoms with E-state index in [4.69, 9.17) is 11.6 Å². The van der Waals surface area contributed by atoms with E-state index in [9.17, 15) is 0 Å². The topological polar surface area (TPSA) is 30.7 Å². The van der Waals surface area contributed by atoms with Crippen LogP contribution in [0.25, 0.3) is 0 Å². The van der Waals surface area contributed by atoms with E-state index < -0.39 is 0 Å². The summed E-state index contributed by atoms with van der Waals surface area (Å²) < 4.78 is 2.15. The van der Waals surface area contributed by atoms with E-state index in [0.717, 1.165) is 5.82 Å². The third-order valence-corrected chi connectivity index (χ3v) is 4.24. The molecule has 0 bridgehead atoms. The van der Waals surface area contributed by atoms with Gasteiger partial charge in [0, 0.05) is 11.3 Å². The smallest absolute Gasteiger partial charge is 0.148 e. The maximum Gasteiger partial charge on any atom is 0.148 e. The van der Waals surface area contributed by atoms with Crippen LogP contribution >= 0.6 is 23.4 Å². The molecule has 2 rings (SSSR count). The number of alkyl halides is 1. The first-order valence-electron chi connectivity index (χ1n) is 4.84. The van der Waals surface area contributed by atoms with Crippen molar-refractivity contribution in [2.75, 3.05) is 6.26 Å². The highest BCUT2D eigenvalue weighted by molar-refractivity contribution is 7.99. The Hall–Kier alpha value is -0.220. The van der Waals surface area contributed by atoms with Crippen LogP contribution in [0.15, 0.2) is 6.33 Å². The molecule has 1 aliphatic carbocycles. The molecular weight excluding hydrogens is 218 g/mol. The van der Waals surface area contributed by atoms with Gasteiger partial charge in [0.2, 0.25) is 0 Å². The Kier molecular flexibility index (Phi) is 3.34. The molecule has 1 saturated carbocycles. The summed E-state index contributed by atoms with van der Waals surface area (Å²) in [5.74, 6) is 1.36. The van der Waals surface area contributed by atoms with Crippen LogP contribution < -0.4 is 0 Å². The molecule has 14 heavy (non-hydrogen) atoms. The molecule has 5 heteroatoms. The van der Waals surface area contributed by atoms with Crippen molar-refractivity contribution in [3.8, 4) is 0 Å². The van der Waals surface area contributed by atoms with Crippen LogP contribution in [0.2, 0.25) is 0 Å². The molecule has 1 fully saturated rings. The van der Waals surface area contributed by atoms with E-state index in [1.54, 1.807) is 0 Å². The minimum Gasteiger partial charge on any atom is -0.312 e. The van der Waals surface area contributed by atoms with E-state index in [2.05, 4.69) is 21.0 Å². The molecule has 2 atom stereocenters. The molecule has 78 valence electrons. The molecule has 0 spiro atoms. The van der Waals surface area contributed by atoms with Crippen molar-refractivity contribution in [3.63, 3.8) is 0 Å². The third-order valence-electron chi connectivity index (χ3n) is 2.84. The van der Waals surface area contributed by atoms with Crippen LogP contribution in [0.3, 0.4) is 0 Å². The highest BCUT2D eigenvalue weighted by Crippen LogP contribution is 2.37. The SMILES string of the molecule is CSC1CCCC1n1cnnc1CCl. The highest BCUT2D eigenvalue weighted by atomic mass is 35.5. The summed E-state index contributed by atoms with van der Waals surface area (Å²) in [6, 6.07) is 0.550. The van der Waals surface area contributed by atoms with E-state index >= 15 is 0 Å². The average Bonchev–Trinajstić information content (AvgIpc) is 2.85. The van der Waals surface area contributed by atoms with Crippen LogP contribution in [0.5, 0.6) is 0 Å². The minimum atomic E-state index is 0.456. The molecular formula is C9H14ClN3S. The maximum absolute atomic E-state index is 5.81. The molecule has 0 aromatic carbocycles. The molecule has 0 radical (unpaired) electrons. The van der Waals surface area contributed by atoms with Crippen LogP contribution in [0.1, 0.15) is 31.1 Å². The summed E-state index contributed by atoms with van der Waals surface area (Å²) in [4.78, 5) is 0. The summed E-state index contributed by atoms with van der Waals surface area (Å²) >= 11 is 7.75. The van der Waals surface area contributed by atoms with Crippen LogP contribution in [0.4, 0.5) is 0 Å². The van der Waals surface area contributed by atoms with Crippen molar-refractivity contribution >= 4 is 23.4 Å². The van der Waals surface area contributed by atoms with Gasteiger partial charge < -0.3 is 4.57 Å². The second-order valence-electron chi connectivity index (χ2n) is 3.56. The monoisotopic (exact) mass is 231 g/mol. The van der Waals surface area contributed by atoms with Crippen molar-refractivity contribution in [2.24, 2.45) is 0 Å². The van der Waals surface area contributed by atoms with Crippen LogP contribution in [0, 0.1) is 0 Å². The molecule has 1 heterocycles. The molecule has 0 amide bonds. The zero-order chi connectivity index (χ0) is 9.97. The lowest BCUT2D eigenvalue weighted by molar-refractivity contribution is 0.513. The zero-order valence-corrected chi connectivity index (χ0v) is 9.76. The van der Waals surface area contributed by atoms with Crippen molar-refractivity contribution in [1.29, 1.82) is 0 Å². The van der Waals surface area contributed by atoms with Gasteiger partial charge >= 0.3 is 0 Å². The number of rotatable bonds is 3. The van der Waals surface area contributed by atoms with Crippen molar-refractivity contribution < 1.29 is 0 Å². The standard InChI is InChI=1S/C9H14ClN3S/c1-14-8-4-2-3-7(8)13-6-11-12-9(13)5-10/h6-8H,2-5H2,1H3. The van der Waals surface area contributed by atoms with Crippen LogP contribution in [-0.4, -0.2) is 26.3 Å². The fourth-order valence-electron chi connectivity index (χ4n) is 2.14. The van der Waals surface area contributed by atoms with Crippen molar-refractivity contribution in [2.45, 2.75) is 36.4 Å². The van der Waals surface area contributed by atoms with Gasteiger partial charge in [0.15, 0.2) is 0 Å². The lowest BCUT2D eigenvalue weighted by Gasteiger charge is -2.19. The van der Waals surface area contributed by atoms with Crippen molar-refractivity contribution in [1.82, 2.24) is 14.8 Å². The Labute approximate surface area is 93.2 Å². The number of aromatic nitrogens is 3. The second kappa shape index (κ2) is 4.53. The Morgan fingerprint density at radius 2 is 2.50 bits per heavy atom. The summed E-state index contributed by atoms with van der Waals surface area (Å²) in [7, 11) is 0. The zero-order valence-electron chi connectivity index (χ0n) is 8.19. The molecule has 2 unspecified atom stereocenters. The summed E-state index contributed by atoms with van der Waals surface area (Å²) in [5, 5.41) is 8.65. The summed E-state index contributed by atoms with van der Waals surface area (Å²) in [6.07, 6.45) is 7.82. The largest absolute Gasteiger partial charge is 0.312 e. The van der Waals surface area contributed by atoms with E-state index in [1.807, 2.05) is 18.1 Å². The molecule has 0 N–H and O–H groups in total. The van der Waals surface area contributed by atoms with Gasteiger partial charge in [-0.1, -0.05) is 6.42 Å². The van der Waals surface area contributed by atoms with Gasteiger partial charge in [0.25, 0.3) is 0 Å². The van der Waals surface area contributed by atoms with Gasteiger partial charge in [-0.25, -0.2) is 0 Å². The first kappa shape index (κ1) is 10.3. The number of hydrogen-bond donors (Lipinski definition) is 0. The summed E-state index contributed by atoms with van der Waals surface area (Å²) in [6.45, 7) is 0. The second-order valence-corrected chi connectivity index (χ2v) is 4.90.